The molecule has 9 heterocycles. The Balaban J connectivity index is 0.000000135. The van der Waals surface area contributed by atoms with Crippen LogP contribution in [-0.4, -0.2) is 144 Å². The van der Waals surface area contributed by atoms with Crippen molar-refractivity contribution in [3.63, 3.8) is 0 Å². The van der Waals surface area contributed by atoms with E-state index in [0.717, 1.165) is 53.1 Å². The van der Waals surface area contributed by atoms with Crippen LogP contribution in [0.25, 0.3) is 99.7 Å². The number of thioether (sulfide) groups is 1. The Morgan fingerprint density at radius 2 is 0.881 bits per heavy atom. The number of methoxy groups -OCH3 is 1. The lowest BCUT2D eigenvalue weighted by Crippen LogP contribution is -2.26. The van der Waals surface area contributed by atoms with Gasteiger partial charge in [0.25, 0.3) is 16.0 Å². The average molecular weight is 1920 g/mol. The van der Waals surface area contributed by atoms with Gasteiger partial charge in [-0.2, -0.15) is 19.9 Å². The van der Waals surface area contributed by atoms with Crippen molar-refractivity contribution in [1.82, 2.24) is 63.9 Å². The number of halogens is 8. The average Bonchev–Trinajstić information content (AvgIpc) is 1.64. The number of nitro groups is 1. The summed E-state index contributed by atoms with van der Waals surface area (Å²) in [5.41, 5.74) is 15.3. The molecule has 10 N–H and O–H groups in total. The first-order valence-electron chi connectivity index (χ1n) is 39.0. The van der Waals surface area contributed by atoms with Crippen LogP contribution >= 0.6 is 24.0 Å². The Bertz CT molecular complexity index is 8010. The number of phenolic OH excluding ortho intramolecular Hbond substituents is 2. The largest absolute Gasteiger partial charge is 0.506 e. The maximum absolute atomic E-state index is 13.3. The van der Waals surface area contributed by atoms with Crippen LogP contribution in [0.3, 0.4) is 0 Å². The molecule has 0 saturated heterocycles. The van der Waals surface area contributed by atoms with Crippen molar-refractivity contribution < 1.29 is 114 Å². The number of imidazole rings is 3. The fourth-order valence-electron chi connectivity index (χ4n) is 12.2. The number of carboxylic acids is 1. The number of amides is 1. The van der Waals surface area contributed by atoms with E-state index in [1.807, 2.05) is 31.0 Å². The highest BCUT2D eigenvalue weighted by atomic mass is 32.2. The molecule has 36 nitrogen and oxygen atoms in total. The van der Waals surface area contributed by atoms with E-state index in [2.05, 4.69) is 66.1 Å². The third-order valence-corrected chi connectivity index (χ3v) is 20.1. The third kappa shape index (κ3) is 24.1. The summed E-state index contributed by atoms with van der Waals surface area (Å²) in [5.74, 6) is -4.24. The molecule has 0 fully saturated rings. The lowest BCUT2D eigenvalue weighted by Gasteiger charge is -2.04. The first-order chi connectivity index (χ1) is 64.4. The van der Waals surface area contributed by atoms with E-state index in [1.165, 1.54) is 127 Å². The molecule has 0 bridgehead atoms. The molecule has 0 aliphatic rings. The maximum Gasteiger partial charge on any atom is 0.338 e. The number of aromatic carboxylic acids is 1. The number of esters is 1. The number of fused-ring (bicyclic) bond motifs is 9. The second kappa shape index (κ2) is 41.9. The quantitative estimate of drug-likeness (QED) is 0.00499. The summed E-state index contributed by atoms with van der Waals surface area (Å²) in [5, 5.41) is 48.5. The number of aromatic amines is 1. The molecular weight excluding hydrogens is 1850 g/mol. The second-order valence-corrected chi connectivity index (χ2v) is 31.1. The number of nitrogen functional groups attached to an aromatic ring is 1. The molecule has 0 aliphatic carbocycles. The number of phenols is 2. The molecular formula is C88H70F8N18O18S3. The van der Waals surface area contributed by atoms with Gasteiger partial charge in [-0.1, -0.05) is 11.8 Å². The number of sulfone groups is 1. The van der Waals surface area contributed by atoms with Crippen LogP contribution in [0.1, 0.15) is 38.0 Å². The van der Waals surface area contributed by atoms with E-state index in [1.54, 1.807) is 72.7 Å². The number of anilines is 7. The Morgan fingerprint density at radius 3 is 1.30 bits per heavy atom. The van der Waals surface area contributed by atoms with Gasteiger partial charge in [0.1, 0.15) is 79.9 Å². The maximum atomic E-state index is 13.3. The number of carboxylic acid groups (broad SMARTS) is 1. The van der Waals surface area contributed by atoms with E-state index in [4.69, 9.17) is 69.2 Å². The number of nitrogens with two attached hydrogens (primary N) is 1. The van der Waals surface area contributed by atoms with Gasteiger partial charge in [-0.15, -0.1) is 0 Å². The number of benzene rings is 11. The molecule has 0 unspecified atom stereocenters. The van der Waals surface area contributed by atoms with Crippen molar-refractivity contribution in [2.75, 3.05) is 61.1 Å². The molecule has 11 aromatic carbocycles. The van der Waals surface area contributed by atoms with Crippen LogP contribution in [0.15, 0.2) is 237 Å². The molecule has 694 valence electrons. The van der Waals surface area contributed by atoms with Crippen LogP contribution in [-0.2, 0) is 40.5 Å². The number of nitrogens with zero attached hydrogens (tertiary/aromatic N) is 12. The number of carbonyl (C=O) groups is 3. The van der Waals surface area contributed by atoms with Gasteiger partial charge in [0.2, 0.25) is 27.7 Å². The molecule has 20 aromatic rings. The minimum absolute atomic E-state index is 0.0648. The molecule has 9 aromatic heterocycles. The van der Waals surface area contributed by atoms with Crippen LogP contribution in [0.2, 0.25) is 0 Å². The zero-order valence-electron chi connectivity index (χ0n) is 70.8. The second-order valence-electron chi connectivity index (χ2n) is 28.0. The number of nitrogens with one attached hydrogen (secondary N) is 5. The molecule has 47 heteroatoms. The summed E-state index contributed by atoms with van der Waals surface area (Å²) in [6.07, 6.45) is 2.84. The summed E-state index contributed by atoms with van der Waals surface area (Å²) in [7, 11) is 3.53. The minimum Gasteiger partial charge on any atom is -0.506 e. The molecule has 0 spiro atoms. The number of nitro benzene ring substituents is 1. The Hall–Kier alpha value is -16.8. The van der Waals surface area contributed by atoms with Crippen LogP contribution in [0.4, 0.5) is 82.4 Å². The number of carbonyl (C=O) groups excluding carboxylic acids is 2. The summed E-state index contributed by atoms with van der Waals surface area (Å²) in [6, 6.07) is 46.1. The highest BCUT2D eigenvalue weighted by Gasteiger charge is 2.22. The highest BCUT2D eigenvalue weighted by molar-refractivity contribution is 7.98. The van der Waals surface area contributed by atoms with Crippen molar-refractivity contribution in [1.29, 1.82) is 0 Å². The van der Waals surface area contributed by atoms with Gasteiger partial charge in [0, 0.05) is 89.1 Å². The molecule has 0 aliphatic heterocycles. The van der Waals surface area contributed by atoms with Crippen molar-refractivity contribution in [3.8, 4) is 11.5 Å². The highest BCUT2D eigenvalue weighted by Crippen LogP contribution is 2.33. The lowest BCUT2D eigenvalue weighted by atomic mass is 10.2. The summed E-state index contributed by atoms with van der Waals surface area (Å²) in [4.78, 5) is 80.9. The Kier molecular flexibility index (Phi) is 29.8. The normalized spacial score (nSPS) is 11.0. The number of ether oxygens (including phenoxy) is 2. The summed E-state index contributed by atoms with van der Waals surface area (Å²) in [6.45, 7) is 2.94. The van der Waals surface area contributed by atoms with Gasteiger partial charge < -0.3 is 81.0 Å². The Morgan fingerprint density at radius 1 is 0.496 bits per heavy atom. The number of aromatic nitrogens is 12. The Labute approximate surface area is 762 Å². The summed E-state index contributed by atoms with van der Waals surface area (Å²) < 4.78 is 171. The van der Waals surface area contributed by atoms with Crippen LogP contribution in [0.5, 0.6) is 11.5 Å². The molecule has 135 heavy (non-hydrogen) atoms. The molecule has 0 atom stereocenters. The van der Waals surface area contributed by atoms with Crippen molar-refractivity contribution in [3.05, 3.63) is 278 Å². The summed E-state index contributed by atoms with van der Waals surface area (Å²) >= 11 is 6.11. The van der Waals surface area contributed by atoms with Gasteiger partial charge in [0.05, 0.1) is 79.6 Å². The van der Waals surface area contributed by atoms with Gasteiger partial charge in [-0.3, -0.25) is 30.9 Å². The number of oxazole rings is 6. The lowest BCUT2D eigenvalue weighted by molar-refractivity contribution is -0.386. The number of hydrogen-bond acceptors (Lipinski definition) is 31. The molecule has 0 saturated carbocycles. The monoisotopic (exact) mass is 1910 g/mol. The van der Waals surface area contributed by atoms with E-state index >= 15 is 0 Å². The third-order valence-electron chi connectivity index (χ3n) is 18.6. The van der Waals surface area contributed by atoms with E-state index in [9.17, 15) is 68.0 Å². The van der Waals surface area contributed by atoms with Crippen molar-refractivity contribution >= 4 is 199 Å². The zero-order chi connectivity index (χ0) is 96.8. The standard InChI is InChI=1S/C19H18FN5O3.C18H15FN4O3.C16H11FN4O3.C8H6FNO3S.C8H6FNOS.C7H4FNOS.C6H4FNO3.C6H6FNO/c1-25-15-5-3-11(17(26)21-7-8-27-2)9-13(15)22-18(25)24-19-23-14-10-12(20)4-6-16(14)28-19;1-3-25-16(24)10-4-6-14-12(8-10)20-17(23(14)2)22-18-21-13-9-11(19)5-7-15(13)26-18;1-21-12-4-2-8(14(22)23)6-10(12)18-15(21)20-16-19-11-7-9(17)3-5-13(11)24-16;1-14(11,12)8-10-6-4-5(9)2-3-7(6)13-8;1-12-8-10-6-4-5(9)2-3-7(6)11-8;8-4-1-2-6-5(3-4)9-7(11)10-6;7-4-1-2-6(9)5(3-4)8(10)11;7-4-1-2-6(9)5(8)3-4/h3-6,9-10H,7-8H2,1-2H3,(H,21,26)(H,22,23,24);4-9H,3H2,1-2H3,(H,20,21,22);2-7H,1H3,(H,22,23)(H,18,19,20);2-4H,1H3;2-4H,1H3;1-3H,(H,9,11);1-3,9H;1-3,9H,8H2. The van der Waals surface area contributed by atoms with E-state index in [-0.39, 0.29) is 80.2 Å². The first-order valence-corrected chi connectivity index (χ1v) is 42.5. The van der Waals surface area contributed by atoms with Crippen molar-refractivity contribution in [2.45, 2.75) is 17.4 Å². The number of H-pyrrole nitrogens is 1. The predicted molar refractivity (Wildman–Crippen MR) is 482 cm³/mol. The van der Waals surface area contributed by atoms with Gasteiger partial charge in [0.15, 0.2) is 39.2 Å². The van der Waals surface area contributed by atoms with Gasteiger partial charge >= 0.3 is 40.9 Å². The zero-order valence-corrected chi connectivity index (χ0v) is 73.3. The molecule has 0 radical (unpaired) electrons. The molecule has 1 amide bonds. The smallest absolute Gasteiger partial charge is 0.338 e. The first kappa shape index (κ1) is 95.8. The SMILES string of the molecule is CCOC(=O)c1ccc2c(c1)nc(Nc1nc3cc(F)ccc3o1)n2C.COCCNC(=O)c1ccc2c(c1)nc(Nc1nc3cc(F)ccc3o1)n2C.CS(=O)(=O)c1nc2cc(F)ccc2o1.CSc1nc2cc(F)ccc2o1.Cn1c(Nc2nc3cc(F)ccc3o2)nc2cc(C(=O)O)ccc21.Fc1ccc2oc(=S)[nH]c2c1.Nc1cc(F)ccc1O.O=[N+]([O-])c1cc(F)ccc1O. The number of rotatable bonds is 16. The predicted octanol–water partition coefficient (Wildman–Crippen LogP) is 19.3. The van der Waals surface area contributed by atoms with Crippen LogP contribution < -0.4 is 27.0 Å². The van der Waals surface area contributed by atoms with Crippen molar-refractivity contribution in [2.24, 2.45) is 21.1 Å². The number of hydrogen-bond donors (Lipinski definition) is 9. The van der Waals surface area contributed by atoms with E-state index in [0.29, 0.717) is 132 Å². The minimum atomic E-state index is -3.48. The topological polar surface area (TPSA) is 494 Å². The fraction of sp³-hybridized carbons (Fsp3) is 0.114. The van der Waals surface area contributed by atoms with Gasteiger partial charge in [-0.05, 0) is 177 Å². The number of aryl methyl sites for hydroxylation is 3. The van der Waals surface area contributed by atoms with Crippen LogP contribution in [0, 0.1) is 61.5 Å². The van der Waals surface area contributed by atoms with E-state index < -0.39 is 66.6 Å². The van der Waals surface area contributed by atoms with Gasteiger partial charge in [-0.25, -0.2) is 73.1 Å². The number of aromatic hydroxyl groups is 2. The fourth-order valence-corrected chi connectivity index (χ4v) is 13.2. The molecule has 20 rings (SSSR count).